The number of carbonyl (C=O) groups excluding carboxylic acids is 1. The summed E-state index contributed by atoms with van der Waals surface area (Å²) in [6.45, 7) is 1.82. The van der Waals surface area contributed by atoms with Crippen LogP contribution in [0.4, 0.5) is 0 Å². The van der Waals surface area contributed by atoms with Crippen LogP contribution >= 0.6 is 23.2 Å². The van der Waals surface area contributed by atoms with Gasteiger partial charge in [0.1, 0.15) is 17.3 Å². The minimum atomic E-state index is -0.219. The second kappa shape index (κ2) is 8.77. The highest BCUT2D eigenvalue weighted by Crippen LogP contribution is 2.37. The molecule has 6 nitrogen and oxygen atoms in total. The molecule has 3 aromatic rings. The third-order valence-electron chi connectivity index (χ3n) is 6.45. The number of imidazole rings is 1. The van der Waals surface area contributed by atoms with E-state index in [0.717, 1.165) is 24.5 Å². The van der Waals surface area contributed by atoms with E-state index in [4.69, 9.17) is 27.9 Å². The summed E-state index contributed by atoms with van der Waals surface area (Å²) in [4.78, 5) is 17.8. The Hall–Kier alpha value is -2.54. The third kappa shape index (κ3) is 4.10. The number of methoxy groups -OCH3 is 1. The standard InChI is InChI=1S/C24H24Cl2N4O2/c1-32-19-8-6-18(7-9-19)30-14-22(27-23(30)20-10-5-17(25)11-21(20)26)24(31)28-29-12-15-3-2-4-16(15)13-29/h5-11,14-16H,2-4,12-13H2,1H3,(H,28,31). The predicted molar refractivity (Wildman–Crippen MR) is 125 cm³/mol. The lowest BCUT2D eigenvalue weighted by atomic mass is 10.0. The van der Waals surface area contributed by atoms with Crippen molar-refractivity contribution < 1.29 is 9.53 Å². The van der Waals surface area contributed by atoms with Crippen molar-refractivity contribution in [3.8, 4) is 22.8 Å². The van der Waals surface area contributed by atoms with E-state index in [1.807, 2.05) is 39.9 Å². The first-order valence-corrected chi connectivity index (χ1v) is 11.5. The normalized spacial score (nSPS) is 20.3. The molecule has 1 aliphatic heterocycles. The van der Waals surface area contributed by atoms with Gasteiger partial charge in [-0.15, -0.1) is 0 Å². The quantitative estimate of drug-likeness (QED) is 0.554. The van der Waals surface area contributed by atoms with Gasteiger partial charge in [-0.3, -0.25) is 14.8 Å². The molecule has 1 saturated carbocycles. The molecule has 1 amide bonds. The van der Waals surface area contributed by atoms with Gasteiger partial charge >= 0.3 is 0 Å². The largest absolute Gasteiger partial charge is 0.497 e. The first-order chi connectivity index (χ1) is 15.5. The van der Waals surface area contributed by atoms with Crippen molar-refractivity contribution in [3.05, 3.63) is 64.4 Å². The Labute approximate surface area is 197 Å². The predicted octanol–water partition coefficient (Wildman–Crippen LogP) is 5.23. The highest BCUT2D eigenvalue weighted by Gasteiger charge is 2.37. The van der Waals surface area contributed by atoms with Crippen LogP contribution in [-0.2, 0) is 0 Å². The van der Waals surface area contributed by atoms with Crippen molar-refractivity contribution in [2.24, 2.45) is 11.8 Å². The van der Waals surface area contributed by atoms with Crippen molar-refractivity contribution in [2.75, 3.05) is 20.2 Å². The topological polar surface area (TPSA) is 59.4 Å². The van der Waals surface area contributed by atoms with E-state index < -0.39 is 0 Å². The van der Waals surface area contributed by atoms with Crippen LogP contribution in [-0.4, -0.2) is 40.7 Å². The van der Waals surface area contributed by atoms with E-state index in [1.165, 1.54) is 19.3 Å². The van der Waals surface area contributed by atoms with E-state index in [0.29, 0.717) is 39.0 Å². The average Bonchev–Trinajstić information content (AvgIpc) is 3.49. The fourth-order valence-corrected chi connectivity index (χ4v) is 5.31. The number of fused-ring (bicyclic) bond motifs is 1. The van der Waals surface area contributed by atoms with Crippen LogP contribution < -0.4 is 10.2 Å². The molecule has 1 aromatic heterocycles. The summed E-state index contributed by atoms with van der Waals surface area (Å²) in [6.07, 6.45) is 5.55. The van der Waals surface area contributed by atoms with E-state index >= 15 is 0 Å². The minimum absolute atomic E-state index is 0.219. The second-order valence-corrected chi connectivity index (χ2v) is 9.28. The lowest BCUT2D eigenvalue weighted by Crippen LogP contribution is -2.41. The number of rotatable bonds is 5. The van der Waals surface area contributed by atoms with Crippen LogP contribution in [0.15, 0.2) is 48.7 Å². The Balaban J connectivity index is 1.48. The molecule has 1 saturated heterocycles. The van der Waals surface area contributed by atoms with Crippen molar-refractivity contribution >= 4 is 29.1 Å². The van der Waals surface area contributed by atoms with Gasteiger partial charge in [-0.05, 0) is 67.1 Å². The summed E-state index contributed by atoms with van der Waals surface area (Å²) >= 11 is 12.6. The van der Waals surface area contributed by atoms with E-state index in [-0.39, 0.29) is 5.91 Å². The Morgan fingerprint density at radius 1 is 1.09 bits per heavy atom. The summed E-state index contributed by atoms with van der Waals surface area (Å²) in [5.74, 6) is 2.48. The van der Waals surface area contributed by atoms with Crippen LogP contribution in [0.1, 0.15) is 29.8 Å². The number of halogens is 2. The Bertz CT molecular complexity index is 1130. The second-order valence-electron chi connectivity index (χ2n) is 8.44. The fraction of sp³-hybridized carbons (Fsp3) is 0.333. The Morgan fingerprint density at radius 3 is 2.47 bits per heavy atom. The lowest BCUT2D eigenvalue weighted by molar-refractivity contribution is 0.0809. The van der Waals surface area contributed by atoms with Gasteiger partial charge in [0, 0.05) is 35.6 Å². The molecule has 2 heterocycles. The number of hydrogen-bond donors (Lipinski definition) is 1. The zero-order chi connectivity index (χ0) is 22.2. The van der Waals surface area contributed by atoms with Gasteiger partial charge in [-0.2, -0.15) is 0 Å². The molecule has 0 bridgehead atoms. The first kappa shape index (κ1) is 21.3. The number of nitrogens with zero attached hydrogens (tertiary/aromatic N) is 3. The number of hydrazine groups is 1. The molecular weight excluding hydrogens is 447 g/mol. The van der Waals surface area contributed by atoms with Gasteiger partial charge in [0.25, 0.3) is 5.91 Å². The molecule has 0 radical (unpaired) electrons. The third-order valence-corrected chi connectivity index (χ3v) is 6.99. The lowest BCUT2D eigenvalue weighted by Gasteiger charge is -2.17. The van der Waals surface area contributed by atoms with Crippen LogP contribution in [0.25, 0.3) is 17.1 Å². The highest BCUT2D eigenvalue weighted by molar-refractivity contribution is 6.36. The van der Waals surface area contributed by atoms with Crippen LogP contribution in [0.3, 0.4) is 0 Å². The summed E-state index contributed by atoms with van der Waals surface area (Å²) in [6, 6.07) is 12.8. The van der Waals surface area contributed by atoms with Gasteiger partial charge < -0.3 is 4.74 Å². The molecule has 166 valence electrons. The molecule has 2 unspecified atom stereocenters. The van der Waals surface area contributed by atoms with E-state index in [1.54, 1.807) is 25.4 Å². The number of aromatic nitrogens is 2. The van der Waals surface area contributed by atoms with Crippen LogP contribution in [0.5, 0.6) is 5.75 Å². The Kier molecular flexibility index (Phi) is 5.84. The molecule has 2 aromatic carbocycles. The van der Waals surface area contributed by atoms with Crippen molar-refractivity contribution in [1.29, 1.82) is 0 Å². The van der Waals surface area contributed by atoms with E-state index in [9.17, 15) is 4.79 Å². The monoisotopic (exact) mass is 470 g/mol. The highest BCUT2D eigenvalue weighted by atomic mass is 35.5. The number of carbonyl (C=O) groups is 1. The first-order valence-electron chi connectivity index (χ1n) is 10.8. The maximum absolute atomic E-state index is 13.1. The van der Waals surface area contributed by atoms with Gasteiger partial charge in [0.2, 0.25) is 0 Å². The summed E-state index contributed by atoms with van der Waals surface area (Å²) < 4.78 is 7.13. The number of benzene rings is 2. The SMILES string of the molecule is COc1ccc(-n2cc(C(=O)NN3CC4CCCC4C3)nc2-c2ccc(Cl)cc2Cl)cc1. The van der Waals surface area contributed by atoms with Crippen molar-refractivity contribution in [2.45, 2.75) is 19.3 Å². The maximum atomic E-state index is 13.1. The van der Waals surface area contributed by atoms with Crippen LogP contribution in [0.2, 0.25) is 10.0 Å². The molecule has 8 heteroatoms. The van der Waals surface area contributed by atoms with E-state index in [2.05, 4.69) is 10.4 Å². The summed E-state index contributed by atoms with van der Waals surface area (Å²) in [7, 11) is 1.63. The maximum Gasteiger partial charge on any atom is 0.285 e. The molecule has 5 rings (SSSR count). The van der Waals surface area contributed by atoms with Crippen LogP contribution in [0, 0.1) is 11.8 Å². The minimum Gasteiger partial charge on any atom is -0.497 e. The molecule has 2 fully saturated rings. The Morgan fingerprint density at radius 2 is 1.81 bits per heavy atom. The summed E-state index contributed by atoms with van der Waals surface area (Å²) in [5, 5.41) is 3.05. The zero-order valence-corrected chi connectivity index (χ0v) is 19.2. The fourth-order valence-electron chi connectivity index (χ4n) is 4.82. The average molecular weight is 471 g/mol. The van der Waals surface area contributed by atoms with Gasteiger partial charge in [0.15, 0.2) is 0 Å². The van der Waals surface area contributed by atoms with Gasteiger partial charge in [-0.25, -0.2) is 9.99 Å². The van der Waals surface area contributed by atoms with Gasteiger partial charge in [0.05, 0.1) is 12.1 Å². The molecule has 1 aliphatic carbocycles. The number of amides is 1. The molecule has 32 heavy (non-hydrogen) atoms. The van der Waals surface area contributed by atoms with Crippen molar-refractivity contribution in [1.82, 2.24) is 20.0 Å². The number of ether oxygens (including phenoxy) is 1. The molecule has 1 N–H and O–H groups in total. The van der Waals surface area contributed by atoms with Gasteiger partial charge in [-0.1, -0.05) is 29.6 Å². The molecular formula is C24H24Cl2N4O2. The number of nitrogens with one attached hydrogen (secondary N) is 1. The zero-order valence-electron chi connectivity index (χ0n) is 17.7. The molecule has 2 aliphatic rings. The smallest absolute Gasteiger partial charge is 0.285 e. The molecule has 2 atom stereocenters. The van der Waals surface area contributed by atoms with Crippen molar-refractivity contribution in [3.63, 3.8) is 0 Å². The molecule has 0 spiro atoms. The number of hydrogen-bond acceptors (Lipinski definition) is 4. The summed E-state index contributed by atoms with van der Waals surface area (Å²) in [5.41, 5.74) is 4.92.